The summed E-state index contributed by atoms with van der Waals surface area (Å²) in [5, 5.41) is 3.51. The molecule has 2 rings (SSSR count). The number of hydrogen-bond acceptors (Lipinski definition) is 2. The molecule has 0 radical (unpaired) electrons. The minimum Gasteiger partial charge on any atom is -0.349 e. The average Bonchev–Trinajstić information content (AvgIpc) is 2.84. The molecule has 19 heavy (non-hydrogen) atoms. The van der Waals surface area contributed by atoms with Gasteiger partial charge in [-0.25, -0.2) is 4.98 Å². The number of imidazole rings is 1. The highest BCUT2D eigenvalue weighted by atomic mass is 15.2. The van der Waals surface area contributed by atoms with E-state index in [-0.39, 0.29) is 6.04 Å². The Morgan fingerprint density at radius 2 is 2.11 bits per heavy atom. The Balaban J connectivity index is 2.09. The molecule has 1 aromatic heterocycles. The van der Waals surface area contributed by atoms with Gasteiger partial charge >= 0.3 is 0 Å². The summed E-state index contributed by atoms with van der Waals surface area (Å²) in [6, 6.07) is 8.75. The van der Waals surface area contributed by atoms with Crippen LogP contribution in [0.4, 0.5) is 5.95 Å². The molecule has 3 heteroatoms. The quantitative estimate of drug-likeness (QED) is 0.842. The Labute approximate surface area is 115 Å². The molecule has 0 fully saturated rings. The van der Waals surface area contributed by atoms with Crippen molar-refractivity contribution in [3.8, 4) is 0 Å². The van der Waals surface area contributed by atoms with E-state index in [4.69, 9.17) is 0 Å². The van der Waals surface area contributed by atoms with Crippen LogP contribution in [0, 0.1) is 6.92 Å². The van der Waals surface area contributed by atoms with Gasteiger partial charge in [0.05, 0.1) is 6.04 Å². The molecule has 0 saturated heterocycles. The molecule has 102 valence electrons. The highest BCUT2D eigenvalue weighted by molar-refractivity contribution is 5.36. The summed E-state index contributed by atoms with van der Waals surface area (Å²) in [7, 11) is 0. The van der Waals surface area contributed by atoms with Gasteiger partial charge in [0.1, 0.15) is 0 Å². The van der Waals surface area contributed by atoms with Gasteiger partial charge in [-0.15, -0.1) is 0 Å². The van der Waals surface area contributed by atoms with Gasteiger partial charge in [-0.2, -0.15) is 0 Å². The van der Waals surface area contributed by atoms with E-state index >= 15 is 0 Å². The summed E-state index contributed by atoms with van der Waals surface area (Å²) in [5.41, 5.74) is 2.64. The number of anilines is 1. The maximum Gasteiger partial charge on any atom is 0.203 e. The lowest BCUT2D eigenvalue weighted by molar-refractivity contribution is 0.631. The van der Waals surface area contributed by atoms with E-state index in [1.807, 2.05) is 12.4 Å². The van der Waals surface area contributed by atoms with Crippen molar-refractivity contribution in [2.45, 2.75) is 46.2 Å². The van der Waals surface area contributed by atoms with Crippen molar-refractivity contribution in [3.05, 3.63) is 47.8 Å². The van der Waals surface area contributed by atoms with Crippen LogP contribution in [0.15, 0.2) is 36.7 Å². The molecule has 0 spiro atoms. The molecule has 0 aliphatic heterocycles. The standard InChI is InChI=1S/C16H23N3/c1-4-5-11-19-12-10-17-16(19)18-14(3)15-9-7-6-8-13(15)2/h6-10,12,14H,4-5,11H2,1-3H3,(H,17,18). The fourth-order valence-electron chi connectivity index (χ4n) is 2.30. The largest absolute Gasteiger partial charge is 0.349 e. The van der Waals surface area contributed by atoms with Crippen molar-refractivity contribution >= 4 is 5.95 Å². The predicted molar refractivity (Wildman–Crippen MR) is 80.4 cm³/mol. The Hall–Kier alpha value is -1.77. The molecule has 1 unspecified atom stereocenters. The zero-order valence-corrected chi connectivity index (χ0v) is 12.1. The first-order valence-electron chi connectivity index (χ1n) is 7.05. The highest BCUT2D eigenvalue weighted by Crippen LogP contribution is 2.21. The first kappa shape index (κ1) is 13.7. The summed E-state index contributed by atoms with van der Waals surface area (Å²) in [6.07, 6.45) is 6.29. The highest BCUT2D eigenvalue weighted by Gasteiger charge is 2.10. The van der Waals surface area contributed by atoms with Crippen LogP contribution in [0.5, 0.6) is 0 Å². The fraction of sp³-hybridized carbons (Fsp3) is 0.438. The van der Waals surface area contributed by atoms with Crippen molar-refractivity contribution < 1.29 is 0 Å². The molecular weight excluding hydrogens is 234 g/mol. The van der Waals surface area contributed by atoms with Crippen molar-refractivity contribution in [2.75, 3.05) is 5.32 Å². The minimum absolute atomic E-state index is 0.268. The maximum absolute atomic E-state index is 4.42. The molecule has 2 aromatic rings. The smallest absolute Gasteiger partial charge is 0.203 e. The van der Waals surface area contributed by atoms with E-state index < -0.39 is 0 Å². The Bertz CT molecular complexity index is 516. The summed E-state index contributed by atoms with van der Waals surface area (Å²) < 4.78 is 2.19. The van der Waals surface area contributed by atoms with Crippen LogP contribution in [-0.2, 0) is 6.54 Å². The van der Waals surface area contributed by atoms with Crippen molar-refractivity contribution in [3.63, 3.8) is 0 Å². The first-order valence-corrected chi connectivity index (χ1v) is 7.05. The van der Waals surface area contributed by atoms with Gasteiger partial charge in [-0.3, -0.25) is 0 Å². The Kier molecular flexibility index (Phi) is 4.61. The van der Waals surface area contributed by atoms with Crippen LogP contribution >= 0.6 is 0 Å². The van der Waals surface area contributed by atoms with Gasteiger partial charge in [0.2, 0.25) is 5.95 Å². The number of nitrogens with zero attached hydrogens (tertiary/aromatic N) is 2. The lowest BCUT2D eigenvalue weighted by atomic mass is 10.0. The maximum atomic E-state index is 4.42. The number of unbranched alkanes of at least 4 members (excludes halogenated alkanes) is 1. The van der Waals surface area contributed by atoms with Gasteiger partial charge in [0.25, 0.3) is 0 Å². The topological polar surface area (TPSA) is 29.9 Å². The lowest BCUT2D eigenvalue weighted by Crippen LogP contribution is -2.12. The third kappa shape index (κ3) is 3.37. The fourth-order valence-corrected chi connectivity index (χ4v) is 2.30. The predicted octanol–water partition coefficient (Wildman–Crippen LogP) is 4.16. The van der Waals surface area contributed by atoms with Crippen molar-refractivity contribution in [2.24, 2.45) is 0 Å². The Morgan fingerprint density at radius 3 is 2.84 bits per heavy atom. The third-order valence-corrected chi connectivity index (χ3v) is 3.47. The molecule has 0 saturated carbocycles. The lowest BCUT2D eigenvalue weighted by Gasteiger charge is -2.18. The molecule has 0 bridgehead atoms. The SMILES string of the molecule is CCCCn1ccnc1NC(C)c1ccccc1C. The molecular formula is C16H23N3. The number of rotatable bonds is 6. The molecule has 1 atom stereocenters. The first-order chi connectivity index (χ1) is 9.22. The minimum atomic E-state index is 0.268. The van der Waals surface area contributed by atoms with E-state index in [2.05, 4.69) is 59.9 Å². The molecule has 0 aliphatic carbocycles. The van der Waals surface area contributed by atoms with Crippen LogP contribution < -0.4 is 5.32 Å². The number of nitrogens with one attached hydrogen (secondary N) is 1. The summed E-state index contributed by atoms with van der Waals surface area (Å²) >= 11 is 0. The van der Waals surface area contributed by atoms with Crippen molar-refractivity contribution in [1.29, 1.82) is 0 Å². The van der Waals surface area contributed by atoms with E-state index in [1.165, 1.54) is 24.0 Å². The Morgan fingerprint density at radius 1 is 1.32 bits per heavy atom. The zero-order chi connectivity index (χ0) is 13.7. The van der Waals surface area contributed by atoms with Gasteiger partial charge in [0.15, 0.2) is 0 Å². The average molecular weight is 257 g/mol. The van der Waals surface area contributed by atoms with E-state index in [0.717, 1.165) is 12.5 Å². The van der Waals surface area contributed by atoms with Gasteiger partial charge in [-0.05, 0) is 31.4 Å². The monoisotopic (exact) mass is 257 g/mol. The molecule has 1 N–H and O–H groups in total. The van der Waals surface area contributed by atoms with E-state index in [1.54, 1.807) is 0 Å². The summed E-state index contributed by atoms with van der Waals surface area (Å²) in [6.45, 7) is 7.57. The second-order valence-electron chi connectivity index (χ2n) is 5.02. The van der Waals surface area contributed by atoms with Crippen LogP contribution in [0.3, 0.4) is 0 Å². The molecule has 3 nitrogen and oxygen atoms in total. The zero-order valence-electron chi connectivity index (χ0n) is 12.1. The third-order valence-electron chi connectivity index (χ3n) is 3.47. The van der Waals surface area contributed by atoms with E-state index in [9.17, 15) is 0 Å². The second kappa shape index (κ2) is 6.41. The molecule has 0 amide bonds. The molecule has 1 aromatic carbocycles. The van der Waals surface area contributed by atoms with Crippen LogP contribution in [0.25, 0.3) is 0 Å². The normalized spacial score (nSPS) is 12.4. The van der Waals surface area contributed by atoms with Crippen molar-refractivity contribution in [1.82, 2.24) is 9.55 Å². The van der Waals surface area contributed by atoms with Crippen LogP contribution in [-0.4, -0.2) is 9.55 Å². The van der Waals surface area contributed by atoms with E-state index in [0.29, 0.717) is 0 Å². The molecule has 1 heterocycles. The summed E-state index contributed by atoms with van der Waals surface area (Å²) in [5.74, 6) is 0.962. The van der Waals surface area contributed by atoms with Crippen LogP contribution in [0.2, 0.25) is 0 Å². The van der Waals surface area contributed by atoms with Gasteiger partial charge < -0.3 is 9.88 Å². The second-order valence-corrected chi connectivity index (χ2v) is 5.02. The number of aryl methyl sites for hydroxylation is 2. The van der Waals surface area contributed by atoms with Crippen LogP contribution in [0.1, 0.15) is 43.9 Å². The number of benzene rings is 1. The molecule has 0 aliphatic rings. The number of hydrogen-bond donors (Lipinski definition) is 1. The van der Waals surface area contributed by atoms with Gasteiger partial charge in [0, 0.05) is 18.9 Å². The van der Waals surface area contributed by atoms with Gasteiger partial charge in [-0.1, -0.05) is 37.6 Å². The number of aromatic nitrogens is 2. The summed E-state index contributed by atoms with van der Waals surface area (Å²) in [4.78, 5) is 4.42.